The molecule has 0 saturated carbocycles. The molecule has 1 aliphatic heterocycles. The molecule has 0 unspecified atom stereocenters. The van der Waals surface area contributed by atoms with Gasteiger partial charge in [0.25, 0.3) is 0 Å². The molecule has 0 amide bonds. The first kappa shape index (κ1) is 13.3. The van der Waals surface area contributed by atoms with E-state index < -0.39 is 0 Å². The monoisotopic (exact) mass is 248 g/mol. The predicted molar refractivity (Wildman–Crippen MR) is 73.2 cm³/mol. The van der Waals surface area contributed by atoms with Crippen LogP contribution < -0.4 is 4.74 Å². The van der Waals surface area contributed by atoms with Gasteiger partial charge in [-0.15, -0.1) is 0 Å². The Morgan fingerprint density at radius 1 is 0.944 bits per heavy atom. The smallest absolute Gasteiger partial charge is 0.162 e. The molecule has 1 aromatic heterocycles. The van der Waals surface area contributed by atoms with Gasteiger partial charge in [-0.05, 0) is 12.8 Å². The van der Waals surface area contributed by atoms with Crippen LogP contribution in [0.25, 0.3) is 0 Å². The number of rotatable bonds is 0. The summed E-state index contributed by atoms with van der Waals surface area (Å²) in [5.41, 5.74) is 2.11. The Hall–Kier alpha value is -1.12. The maximum atomic E-state index is 5.82. The van der Waals surface area contributed by atoms with Gasteiger partial charge in [0, 0.05) is 10.8 Å². The lowest BCUT2D eigenvalue weighted by molar-refractivity contribution is 0.271. The Kier molecular flexibility index (Phi) is 3.12. The number of ether oxygens (including phenoxy) is 1. The largest absolute Gasteiger partial charge is 0.490 e. The average Bonchev–Trinajstić information content (AvgIpc) is 2.25. The van der Waals surface area contributed by atoms with Crippen LogP contribution in [0.15, 0.2) is 0 Å². The first-order valence-corrected chi connectivity index (χ1v) is 6.74. The van der Waals surface area contributed by atoms with Gasteiger partial charge in [-0.3, -0.25) is 0 Å². The van der Waals surface area contributed by atoms with Crippen molar-refractivity contribution < 1.29 is 4.74 Å². The van der Waals surface area contributed by atoms with Crippen LogP contribution >= 0.6 is 0 Å². The van der Waals surface area contributed by atoms with Gasteiger partial charge >= 0.3 is 0 Å². The van der Waals surface area contributed by atoms with E-state index in [2.05, 4.69) is 41.5 Å². The van der Waals surface area contributed by atoms with Crippen molar-refractivity contribution in [1.82, 2.24) is 9.97 Å². The van der Waals surface area contributed by atoms with Gasteiger partial charge in [0.2, 0.25) is 0 Å². The molecule has 0 saturated heterocycles. The van der Waals surface area contributed by atoms with Crippen molar-refractivity contribution in [3.63, 3.8) is 0 Å². The normalized spacial score (nSPS) is 16.1. The molecule has 2 rings (SSSR count). The molecule has 0 aliphatic carbocycles. The van der Waals surface area contributed by atoms with Crippen LogP contribution in [0.5, 0.6) is 5.75 Å². The fourth-order valence-electron chi connectivity index (χ4n) is 2.08. The molecule has 0 aromatic carbocycles. The minimum Gasteiger partial charge on any atom is -0.490 e. The minimum atomic E-state index is -0.0214. The van der Waals surface area contributed by atoms with Gasteiger partial charge < -0.3 is 4.74 Å². The Balaban J connectivity index is 2.63. The summed E-state index contributed by atoms with van der Waals surface area (Å²) in [4.78, 5) is 9.52. The number of fused-ring (bicyclic) bond motifs is 1. The molecule has 3 heteroatoms. The van der Waals surface area contributed by atoms with Gasteiger partial charge in [-0.1, -0.05) is 41.5 Å². The topological polar surface area (TPSA) is 35.0 Å². The zero-order valence-corrected chi connectivity index (χ0v) is 12.4. The van der Waals surface area contributed by atoms with Crippen molar-refractivity contribution in [1.29, 1.82) is 0 Å². The first-order valence-electron chi connectivity index (χ1n) is 6.74. The Morgan fingerprint density at radius 2 is 1.61 bits per heavy atom. The van der Waals surface area contributed by atoms with E-state index in [0.717, 1.165) is 42.4 Å². The highest BCUT2D eigenvalue weighted by molar-refractivity contribution is 5.39. The van der Waals surface area contributed by atoms with Crippen molar-refractivity contribution >= 4 is 0 Å². The summed E-state index contributed by atoms with van der Waals surface area (Å²) >= 11 is 0. The van der Waals surface area contributed by atoms with Crippen LogP contribution in [-0.4, -0.2) is 16.6 Å². The van der Waals surface area contributed by atoms with E-state index >= 15 is 0 Å². The van der Waals surface area contributed by atoms with Crippen molar-refractivity contribution in [2.24, 2.45) is 0 Å². The number of hydrogen-bond acceptors (Lipinski definition) is 3. The van der Waals surface area contributed by atoms with E-state index in [4.69, 9.17) is 14.7 Å². The van der Waals surface area contributed by atoms with Crippen LogP contribution in [0.3, 0.4) is 0 Å². The molecule has 1 aromatic rings. The third-order valence-electron chi connectivity index (χ3n) is 3.12. The molecule has 0 atom stereocenters. The van der Waals surface area contributed by atoms with Gasteiger partial charge in [0.05, 0.1) is 18.0 Å². The molecule has 2 heterocycles. The first-order chi connectivity index (χ1) is 8.19. The zero-order valence-electron chi connectivity index (χ0n) is 12.4. The fourth-order valence-corrected chi connectivity index (χ4v) is 2.08. The number of nitrogens with zero attached hydrogens (tertiary/aromatic N) is 2. The molecule has 0 N–H and O–H groups in total. The summed E-state index contributed by atoms with van der Waals surface area (Å²) in [6.45, 7) is 13.8. The third-order valence-corrected chi connectivity index (χ3v) is 3.12. The Bertz CT molecular complexity index is 453. The van der Waals surface area contributed by atoms with E-state index in [1.807, 2.05) is 0 Å². The maximum Gasteiger partial charge on any atom is 0.162 e. The Labute approximate surface area is 110 Å². The summed E-state index contributed by atoms with van der Waals surface area (Å²) < 4.78 is 5.82. The molecular formula is C15H24N2O. The van der Waals surface area contributed by atoms with Crippen LogP contribution in [0.2, 0.25) is 0 Å². The summed E-state index contributed by atoms with van der Waals surface area (Å²) in [5, 5.41) is 0. The van der Waals surface area contributed by atoms with Crippen molar-refractivity contribution in [2.45, 2.75) is 65.2 Å². The maximum absolute atomic E-state index is 5.82. The molecule has 0 radical (unpaired) electrons. The van der Waals surface area contributed by atoms with Gasteiger partial charge in [-0.2, -0.15) is 0 Å². The number of aryl methyl sites for hydroxylation is 1. The average molecular weight is 248 g/mol. The van der Waals surface area contributed by atoms with E-state index in [9.17, 15) is 0 Å². The quantitative estimate of drug-likeness (QED) is 0.706. The van der Waals surface area contributed by atoms with Crippen LogP contribution in [0.4, 0.5) is 0 Å². The van der Waals surface area contributed by atoms with Crippen molar-refractivity contribution in [3.05, 3.63) is 17.2 Å². The van der Waals surface area contributed by atoms with E-state index in [1.165, 1.54) is 0 Å². The third kappa shape index (κ3) is 2.50. The molecule has 0 bridgehead atoms. The highest BCUT2D eigenvalue weighted by Crippen LogP contribution is 2.36. The molecule has 0 spiro atoms. The minimum absolute atomic E-state index is 0.00956. The van der Waals surface area contributed by atoms with E-state index in [-0.39, 0.29) is 10.8 Å². The standard InChI is InChI=1S/C15H24N2O/c1-14(2,3)12-11-10(8-7-9-18-11)16-13(17-12)15(4,5)6/h7-9H2,1-6H3. The number of aromatic nitrogens is 2. The van der Waals surface area contributed by atoms with Crippen LogP contribution in [-0.2, 0) is 17.3 Å². The summed E-state index contributed by atoms with van der Waals surface area (Å²) in [6.07, 6.45) is 2.06. The lowest BCUT2D eigenvalue weighted by Crippen LogP contribution is -2.26. The van der Waals surface area contributed by atoms with Gasteiger partial charge in [0.1, 0.15) is 5.82 Å². The van der Waals surface area contributed by atoms with E-state index in [1.54, 1.807) is 0 Å². The summed E-state index contributed by atoms with van der Waals surface area (Å²) in [5.74, 6) is 1.86. The van der Waals surface area contributed by atoms with Gasteiger partial charge in [-0.25, -0.2) is 9.97 Å². The van der Waals surface area contributed by atoms with Crippen LogP contribution in [0.1, 0.15) is 65.2 Å². The van der Waals surface area contributed by atoms with E-state index in [0.29, 0.717) is 0 Å². The molecule has 100 valence electrons. The number of hydrogen-bond donors (Lipinski definition) is 0. The zero-order chi connectivity index (χ0) is 13.6. The lowest BCUT2D eigenvalue weighted by Gasteiger charge is -2.28. The second-order valence-electron chi connectivity index (χ2n) is 7.12. The molecule has 1 aliphatic rings. The molecule has 0 fully saturated rings. The van der Waals surface area contributed by atoms with Crippen molar-refractivity contribution in [3.8, 4) is 5.75 Å². The Morgan fingerprint density at radius 3 is 2.17 bits per heavy atom. The SMILES string of the molecule is CC(C)(C)c1nc2c(c(C(C)(C)C)n1)OCCC2. The predicted octanol–water partition coefficient (Wildman–Crippen LogP) is 3.40. The van der Waals surface area contributed by atoms with Gasteiger partial charge in [0.15, 0.2) is 5.75 Å². The second kappa shape index (κ2) is 4.22. The molecular weight excluding hydrogens is 224 g/mol. The highest BCUT2D eigenvalue weighted by atomic mass is 16.5. The summed E-state index contributed by atoms with van der Waals surface area (Å²) in [7, 11) is 0. The summed E-state index contributed by atoms with van der Waals surface area (Å²) in [6, 6.07) is 0. The molecule has 3 nitrogen and oxygen atoms in total. The fraction of sp³-hybridized carbons (Fsp3) is 0.733. The molecule has 18 heavy (non-hydrogen) atoms. The highest BCUT2D eigenvalue weighted by Gasteiger charge is 2.30. The van der Waals surface area contributed by atoms with Crippen LogP contribution in [0, 0.1) is 0 Å². The lowest BCUT2D eigenvalue weighted by atomic mass is 9.88. The van der Waals surface area contributed by atoms with Crippen molar-refractivity contribution in [2.75, 3.05) is 6.61 Å². The second-order valence-corrected chi connectivity index (χ2v) is 7.12.